The van der Waals surface area contributed by atoms with Crippen LogP contribution in [0, 0.1) is 5.92 Å². The quantitative estimate of drug-likeness (QED) is 0.361. The summed E-state index contributed by atoms with van der Waals surface area (Å²) in [5, 5.41) is 0. The lowest BCUT2D eigenvalue weighted by molar-refractivity contribution is 0.469. The van der Waals surface area contributed by atoms with Gasteiger partial charge in [0.15, 0.2) is 0 Å². The molecular weight excluding hydrogens is 200 g/mol. The summed E-state index contributed by atoms with van der Waals surface area (Å²) >= 11 is 0. The van der Waals surface area contributed by atoms with Crippen molar-refractivity contribution in [3.8, 4) is 0 Å². The molecule has 0 aliphatic carbocycles. The molecule has 0 bridgehead atoms. The number of allylic oxidation sites excluding steroid dienone is 3. The van der Waals surface area contributed by atoms with E-state index in [1.165, 1.54) is 18.4 Å². The van der Waals surface area contributed by atoms with Crippen molar-refractivity contribution in [1.82, 2.24) is 0 Å². The summed E-state index contributed by atoms with van der Waals surface area (Å²) in [6.45, 7) is 13.1. The van der Waals surface area contributed by atoms with E-state index in [1.54, 1.807) is 0 Å². The molecule has 2 heteroatoms. The monoisotopic (exact) mass is 226 g/mol. The first-order valence-corrected chi connectivity index (χ1v) is 9.20. The maximum absolute atomic E-state index is 5.67. The van der Waals surface area contributed by atoms with Crippen LogP contribution in [-0.2, 0) is 4.43 Å². The zero-order valence-electron chi connectivity index (χ0n) is 11.1. The third-order valence-electron chi connectivity index (χ3n) is 2.00. The molecule has 0 amide bonds. The summed E-state index contributed by atoms with van der Waals surface area (Å²) in [6.07, 6.45) is 8.75. The molecule has 88 valence electrons. The van der Waals surface area contributed by atoms with Crippen LogP contribution in [0.5, 0.6) is 0 Å². The largest absolute Gasteiger partial charge is 0.550 e. The molecule has 0 saturated heterocycles. The number of hydrogen-bond donors (Lipinski definition) is 0. The van der Waals surface area contributed by atoms with Gasteiger partial charge in [-0.3, -0.25) is 0 Å². The van der Waals surface area contributed by atoms with Crippen LogP contribution in [0.25, 0.3) is 0 Å². The molecule has 0 aromatic rings. The Labute approximate surface area is 96.4 Å². The second-order valence-corrected chi connectivity index (χ2v) is 9.86. The van der Waals surface area contributed by atoms with Crippen molar-refractivity contribution in [2.45, 2.75) is 53.3 Å². The van der Waals surface area contributed by atoms with E-state index in [2.05, 4.69) is 52.6 Å². The summed E-state index contributed by atoms with van der Waals surface area (Å²) in [5.41, 5.74) is 1.41. The molecule has 0 spiro atoms. The second kappa shape index (κ2) is 6.89. The molecule has 0 fully saturated rings. The molecule has 0 N–H and O–H groups in total. The van der Waals surface area contributed by atoms with Crippen LogP contribution in [0.15, 0.2) is 24.0 Å². The van der Waals surface area contributed by atoms with E-state index in [0.29, 0.717) is 5.92 Å². The van der Waals surface area contributed by atoms with E-state index in [0.717, 1.165) is 0 Å². The molecule has 1 nitrogen and oxygen atoms in total. The first-order valence-electron chi connectivity index (χ1n) is 5.79. The highest BCUT2D eigenvalue weighted by Crippen LogP contribution is 2.10. The fraction of sp³-hybridized carbons (Fsp3) is 0.692. The van der Waals surface area contributed by atoms with Crippen molar-refractivity contribution in [1.29, 1.82) is 0 Å². The number of rotatable bonds is 6. The van der Waals surface area contributed by atoms with Crippen LogP contribution in [-0.4, -0.2) is 8.32 Å². The summed E-state index contributed by atoms with van der Waals surface area (Å²) in [4.78, 5) is 0. The highest BCUT2D eigenvalue weighted by Gasteiger charge is 2.12. The highest BCUT2D eigenvalue weighted by atomic mass is 28.4. The highest BCUT2D eigenvalue weighted by molar-refractivity contribution is 6.69. The van der Waals surface area contributed by atoms with Crippen LogP contribution < -0.4 is 0 Å². The van der Waals surface area contributed by atoms with Gasteiger partial charge in [-0.15, -0.1) is 0 Å². The van der Waals surface area contributed by atoms with Crippen molar-refractivity contribution >= 4 is 8.32 Å². The van der Waals surface area contributed by atoms with Gasteiger partial charge in [-0.1, -0.05) is 18.6 Å². The van der Waals surface area contributed by atoms with Crippen molar-refractivity contribution < 1.29 is 4.43 Å². The van der Waals surface area contributed by atoms with Gasteiger partial charge in [0.2, 0.25) is 8.32 Å². The van der Waals surface area contributed by atoms with E-state index in [9.17, 15) is 0 Å². The van der Waals surface area contributed by atoms with Crippen LogP contribution in [0.4, 0.5) is 0 Å². The van der Waals surface area contributed by atoms with Gasteiger partial charge in [0.05, 0.1) is 6.26 Å². The molecule has 1 atom stereocenters. The van der Waals surface area contributed by atoms with Crippen LogP contribution in [0.2, 0.25) is 19.6 Å². The van der Waals surface area contributed by atoms with E-state index in [-0.39, 0.29) is 0 Å². The van der Waals surface area contributed by atoms with Crippen molar-refractivity contribution in [2.75, 3.05) is 0 Å². The summed E-state index contributed by atoms with van der Waals surface area (Å²) in [6, 6.07) is 0. The minimum absolute atomic E-state index is 0.608. The van der Waals surface area contributed by atoms with Gasteiger partial charge < -0.3 is 4.43 Å². The lowest BCUT2D eigenvalue weighted by atomic mass is 10.1. The van der Waals surface area contributed by atoms with E-state index in [4.69, 9.17) is 4.43 Å². The van der Waals surface area contributed by atoms with E-state index < -0.39 is 8.32 Å². The molecule has 0 heterocycles. The maximum Gasteiger partial charge on any atom is 0.241 e. The molecule has 15 heavy (non-hydrogen) atoms. The van der Waals surface area contributed by atoms with E-state index in [1.807, 2.05) is 6.26 Å². The molecule has 0 radical (unpaired) electrons. The fourth-order valence-electron chi connectivity index (χ4n) is 1.11. The minimum Gasteiger partial charge on any atom is -0.550 e. The van der Waals surface area contributed by atoms with Gasteiger partial charge in [0.25, 0.3) is 0 Å². The van der Waals surface area contributed by atoms with Gasteiger partial charge >= 0.3 is 0 Å². The molecule has 0 saturated carbocycles. The average molecular weight is 226 g/mol. The molecule has 0 rings (SSSR count). The third kappa shape index (κ3) is 11.4. The molecule has 0 aliphatic heterocycles. The minimum atomic E-state index is -1.37. The lowest BCUT2D eigenvalue weighted by Gasteiger charge is -2.15. The van der Waals surface area contributed by atoms with Gasteiger partial charge in [-0.25, -0.2) is 0 Å². The first kappa shape index (κ1) is 14.5. The van der Waals surface area contributed by atoms with Gasteiger partial charge in [-0.2, -0.15) is 0 Å². The van der Waals surface area contributed by atoms with Crippen LogP contribution >= 0.6 is 0 Å². The Hall–Kier alpha value is -0.503. The van der Waals surface area contributed by atoms with Crippen LogP contribution in [0.1, 0.15) is 33.6 Å². The zero-order chi connectivity index (χ0) is 11.9. The molecule has 0 aromatic carbocycles. The molecule has 0 aromatic heterocycles. The SMILES string of the molecule is CC(C)=CCCC(C)C=CO[Si](C)(C)C. The molecule has 1 unspecified atom stereocenters. The van der Waals surface area contributed by atoms with Gasteiger partial charge in [-0.05, 0) is 58.3 Å². The number of hydrogen-bond acceptors (Lipinski definition) is 1. The Kier molecular flexibility index (Phi) is 6.65. The van der Waals surface area contributed by atoms with Gasteiger partial charge in [0, 0.05) is 0 Å². The van der Waals surface area contributed by atoms with Gasteiger partial charge in [0.1, 0.15) is 0 Å². The standard InChI is InChI=1S/C13H26OSi/c1-12(2)8-7-9-13(3)10-11-14-15(4,5)6/h8,10-11,13H,7,9H2,1-6H3. The first-order chi connectivity index (χ1) is 6.81. The maximum atomic E-state index is 5.67. The Bertz CT molecular complexity index is 219. The Balaban J connectivity index is 3.74. The zero-order valence-corrected chi connectivity index (χ0v) is 12.1. The molecular formula is C13H26OSi. The Morgan fingerprint density at radius 2 is 1.87 bits per heavy atom. The van der Waals surface area contributed by atoms with Crippen molar-refractivity contribution in [3.05, 3.63) is 24.0 Å². The summed E-state index contributed by atoms with van der Waals surface area (Å²) in [5.74, 6) is 0.608. The smallest absolute Gasteiger partial charge is 0.241 e. The van der Waals surface area contributed by atoms with Crippen molar-refractivity contribution in [2.24, 2.45) is 5.92 Å². The predicted molar refractivity (Wildman–Crippen MR) is 71.4 cm³/mol. The van der Waals surface area contributed by atoms with E-state index >= 15 is 0 Å². The summed E-state index contributed by atoms with van der Waals surface area (Å²) < 4.78 is 5.67. The molecule has 0 aliphatic rings. The topological polar surface area (TPSA) is 9.23 Å². The van der Waals surface area contributed by atoms with Crippen LogP contribution in [0.3, 0.4) is 0 Å². The van der Waals surface area contributed by atoms with Crippen molar-refractivity contribution in [3.63, 3.8) is 0 Å². The Morgan fingerprint density at radius 1 is 1.27 bits per heavy atom. The lowest BCUT2D eigenvalue weighted by Crippen LogP contribution is -2.22. The predicted octanol–water partition coefficient (Wildman–Crippen LogP) is 4.73. The summed E-state index contributed by atoms with van der Waals surface area (Å²) in [7, 11) is -1.37. The third-order valence-corrected chi connectivity index (χ3v) is 2.85. The second-order valence-electron chi connectivity index (χ2n) is 5.39. The normalized spacial score (nSPS) is 14.0. The Morgan fingerprint density at radius 3 is 2.33 bits per heavy atom. The average Bonchev–Trinajstić information content (AvgIpc) is 2.00. The fourth-order valence-corrected chi connectivity index (χ4v) is 1.60.